The average Bonchev–Trinajstić information content (AvgIpc) is 3.08. The molecular weight excluding hydrogens is 437 g/mol. The minimum Gasteiger partial charge on any atom is -0.319 e. The third kappa shape index (κ3) is 6.41. The number of carbonyl (C=O) groups is 1. The van der Waals surface area contributed by atoms with Gasteiger partial charge < -0.3 is 4.57 Å². The Morgan fingerprint density at radius 3 is 2.35 bits per heavy atom. The van der Waals surface area contributed by atoms with E-state index in [-0.39, 0.29) is 17.4 Å². The second kappa shape index (κ2) is 9.65. The molecule has 0 aliphatic carbocycles. The highest BCUT2D eigenvalue weighted by Crippen LogP contribution is 2.28. The molecule has 1 N–H and O–H groups in total. The van der Waals surface area contributed by atoms with E-state index in [0.717, 1.165) is 29.2 Å². The second-order valence-electron chi connectivity index (χ2n) is 7.60. The van der Waals surface area contributed by atoms with Gasteiger partial charge in [0, 0.05) is 17.8 Å². The predicted molar refractivity (Wildman–Crippen MR) is 122 cm³/mol. The summed E-state index contributed by atoms with van der Waals surface area (Å²) >= 11 is 1.34. The van der Waals surface area contributed by atoms with Crippen LogP contribution in [-0.4, -0.2) is 35.8 Å². The first-order chi connectivity index (χ1) is 14.6. The number of ketones is 1. The molecule has 164 valence electrons. The molecule has 3 aromatic rings. The first-order valence-corrected chi connectivity index (χ1v) is 12.6. The molecule has 9 heteroatoms. The van der Waals surface area contributed by atoms with Gasteiger partial charge in [-0.05, 0) is 60.0 Å². The zero-order chi connectivity index (χ0) is 22.6. The highest BCUT2D eigenvalue weighted by molar-refractivity contribution is 7.99. The van der Waals surface area contributed by atoms with Crippen molar-refractivity contribution in [2.75, 3.05) is 16.7 Å². The Balaban J connectivity index is 1.75. The Morgan fingerprint density at radius 2 is 1.77 bits per heavy atom. The number of nitrogens with one attached hydrogen (secondary N) is 1. The maximum Gasteiger partial charge on any atom is 0.229 e. The van der Waals surface area contributed by atoms with Gasteiger partial charge in [-0.1, -0.05) is 25.6 Å². The van der Waals surface area contributed by atoms with E-state index in [2.05, 4.69) is 28.1 Å². The van der Waals surface area contributed by atoms with Crippen molar-refractivity contribution in [1.82, 2.24) is 9.55 Å². The van der Waals surface area contributed by atoms with E-state index in [1.807, 2.05) is 0 Å². The van der Waals surface area contributed by atoms with Crippen LogP contribution in [0.4, 0.5) is 10.1 Å². The van der Waals surface area contributed by atoms with Crippen LogP contribution in [-0.2, 0) is 16.6 Å². The summed E-state index contributed by atoms with van der Waals surface area (Å²) in [6, 6.07) is 12.6. The highest BCUT2D eigenvalue weighted by Gasteiger charge is 2.16. The summed E-state index contributed by atoms with van der Waals surface area (Å²) in [6.45, 7) is 4.91. The minimum atomic E-state index is -3.37. The quantitative estimate of drug-likeness (QED) is 0.369. The lowest BCUT2D eigenvalue weighted by Crippen LogP contribution is -2.10. The third-order valence-electron chi connectivity index (χ3n) is 4.35. The molecule has 0 radical (unpaired) electrons. The number of Topliss-reactive ketones (excluding diaryl/α,β-unsaturated/α-hetero) is 1. The van der Waals surface area contributed by atoms with Crippen LogP contribution in [0.3, 0.4) is 0 Å². The Labute approximate surface area is 185 Å². The smallest absolute Gasteiger partial charge is 0.229 e. The Morgan fingerprint density at radius 1 is 1.13 bits per heavy atom. The van der Waals surface area contributed by atoms with Crippen molar-refractivity contribution in [2.24, 2.45) is 5.92 Å². The zero-order valence-electron chi connectivity index (χ0n) is 17.5. The van der Waals surface area contributed by atoms with E-state index in [0.29, 0.717) is 17.2 Å². The molecule has 0 fully saturated rings. The molecule has 0 aliphatic heterocycles. The van der Waals surface area contributed by atoms with Gasteiger partial charge in [0.2, 0.25) is 10.0 Å². The minimum absolute atomic E-state index is 0.0849. The van der Waals surface area contributed by atoms with Crippen molar-refractivity contribution in [1.29, 1.82) is 0 Å². The van der Waals surface area contributed by atoms with Gasteiger partial charge in [-0.2, -0.15) is 0 Å². The van der Waals surface area contributed by atoms with E-state index >= 15 is 0 Å². The number of thioether (sulfide) groups is 1. The molecule has 0 saturated carbocycles. The summed E-state index contributed by atoms with van der Waals surface area (Å²) in [5, 5.41) is 0.719. The van der Waals surface area contributed by atoms with Gasteiger partial charge in [0.15, 0.2) is 10.9 Å². The largest absolute Gasteiger partial charge is 0.319 e. The van der Waals surface area contributed by atoms with Crippen molar-refractivity contribution in [3.63, 3.8) is 0 Å². The summed E-state index contributed by atoms with van der Waals surface area (Å²) in [4.78, 5) is 17.1. The molecule has 0 bridgehead atoms. The summed E-state index contributed by atoms with van der Waals surface area (Å²) in [5.41, 5.74) is 2.64. The van der Waals surface area contributed by atoms with Crippen molar-refractivity contribution < 1.29 is 17.6 Å². The van der Waals surface area contributed by atoms with E-state index in [9.17, 15) is 17.6 Å². The van der Waals surface area contributed by atoms with E-state index in [1.54, 1.807) is 42.6 Å². The van der Waals surface area contributed by atoms with Crippen LogP contribution in [0, 0.1) is 11.7 Å². The fourth-order valence-electron chi connectivity index (χ4n) is 3.02. The molecule has 3 rings (SSSR count). The molecule has 0 saturated heterocycles. The molecule has 0 atom stereocenters. The van der Waals surface area contributed by atoms with Gasteiger partial charge in [0.1, 0.15) is 5.82 Å². The average molecular weight is 462 g/mol. The Bertz CT molecular complexity index is 1160. The molecule has 0 amide bonds. The van der Waals surface area contributed by atoms with Crippen LogP contribution < -0.4 is 4.72 Å². The van der Waals surface area contributed by atoms with Crippen LogP contribution in [0.25, 0.3) is 11.3 Å². The van der Waals surface area contributed by atoms with Gasteiger partial charge in [-0.15, -0.1) is 0 Å². The van der Waals surface area contributed by atoms with Crippen molar-refractivity contribution in [2.45, 2.75) is 25.5 Å². The van der Waals surface area contributed by atoms with E-state index in [1.165, 1.54) is 23.9 Å². The summed E-state index contributed by atoms with van der Waals surface area (Å²) < 4.78 is 40.3. The van der Waals surface area contributed by atoms with Crippen LogP contribution in [0.1, 0.15) is 24.2 Å². The maximum absolute atomic E-state index is 13.3. The van der Waals surface area contributed by atoms with Crippen molar-refractivity contribution in [3.05, 3.63) is 66.1 Å². The number of hydrogen-bond acceptors (Lipinski definition) is 5. The number of imidazole rings is 1. The molecule has 0 spiro atoms. The SMILES string of the molecule is CC(C)Cn1c(-c2ccc(F)cc2)cnc1SCC(=O)c1ccc(NS(C)(=O)=O)cc1. The Kier molecular flexibility index (Phi) is 7.17. The number of benzene rings is 2. The lowest BCUT2D eigenvalue weighted by atomic mass is 10.1. The number of anilines is 1. The van der Waals surface area contributed by atoms with Gasteiger partial charge in [0.25, 0.3) is 0 Å². The first-order valence-electron chi connectivity index (χ1n) is 9.67. The molecule has 31 heavy (non-hydrogen) atoms. The summed E-state index contributed by atoms with van der Waals surface area (Å²) in [7, 11) is -3.37. The van der Waals surface area contributed by atoms with Crippen LogP contribution in [0.5, 0.6) is 0 Å². The normalized spacial score (nSPS) is 11.6. The van der Waals surface area contributed by atoms with Gasteiger partial charge in [-0.25, -0.2) is 17.8 Å². The molecule has 6 nitrogen and oxygen atoms in total. The fourth-order valence-corrected chi connectivity index (χ4v) is 4.47. The number of aromatic nitrogens is 2. The lowest BCUT2D eigenvalue weighted by molar-refractivity contribution is 0.102. The zero-order valence-corrected chi connectivity index (χ0v) is 19.1. The lowest BCUT2D eigenvalue weighted by Gasteiger charge is -2.14. The van der Waals surface area contributed by atoms with Crippen LogP contribution in [0.2, 0.25) is 0 Å². The van der Waals surface area contributed by atoms with Gasteiger partial charge >= 0.3 is 0 Å². The first kappa shape index (κ1) is 23.0. The van der Waals surface area contributed by atoms with Crippen LogP contribution in [0.15, 0.2) is 59.9 Å². The standard InChI is InChI=1S/C22H24FN3O3S2/c1-15(2)13-26-20(16-4-8-18(23)9-5-16)12-24-22(26)30-14-21(27)17-6-10-19(11-7-17)25-31(3,28)29/h4-12,15,25H,13-14H2,1-3H3. The topological polar surface area (TPSA) is 81.1 Å². The Hall–Kier alpha value is -2.65. The predicted octanol–water partition coefficient (Wildman–Crippen LogP) is 4.69. The number of hydrogen-bond donors (Lipinski definition) is 1. The number of nitrogens with zero attached hydrogens (tertiary/aromatic N) is 2. The molecule has 1 heterocycles. The van der Waals surface area contributed by atoms with Crippen molar-refractivity contribution in [3.8, 4) is 11.3 Å². The van der Waals surface area contributed by atoms with Gasteiger partial charge in [0.05, 0.1) is 23.9 Å². The fraction of sp³-hybridized carbons (Fsp3) is 0.273. The summed E-state index contributed by atoms with van der Waals surface area (Å²) in [6.07, 6.45) is 2.82. The maximum atomic E-state index is 13.3. The van der Waals surface area contributed by atoms with Crippen LogP contribution >= 0.6 is 11.8 Å². The molecule has 0 unspecified atom stereocenters. The van der Waals surface area contributed by atoms with E-state index in [4.69, 9.17) is 0 Å². The number of carbonyl (C=O) groups excluding carboxylic acids is 1. The van der Waals surface area contributed by atoms with E-state index < -0.39 is 10.0 Å². The third-order valence-corrected chi connectivity index (χ3v) is 5.95. The highest BCUT2D eigenvalue weighted by atomic mass is 32.2. The van der Waals surface area contributed by atoms with Crippen molar-refractivity contribution >= 4 is 33.3 Å². The van der Waals surface area contributed by atoms with Gasteiger partial charge in [-0.3, -0.25) is 9.52 Å². The molecule has 0 aliphatic rings. The summed E-state index contributed by atoms with van der Waals surface area (Å²) in [5.74, 6) is 0.171. The molecular formula is C22H24FN3O3S2. The number of rotatable bonds is 9. The molecule has 1 aromatic heterocycles. The molecule has 2 aromatic carbocycles. The monoisotopic (exact) mass is 461 g/mol. The number of halogens is 1. The number of sulfonamides is 1. The second-order valence-corrected chi connectivity index (χ2v) is 10.3.